The normalized spacial score (nSPS) is 10.4. The first-order valence-corrected chi connectivity index (χ1v) is 4.68. The highest BCUT2D eigenvalue weighted by molar-refractivity contribution is 5.39. The van der Waals surface area contributed by atoms with E-state index in [-0.39, 0.29) is 19.0 Å². The van der Waals surface area contributed by atoms with Crippen LogP contribution in [0.3, 0.4) is 0 Å². The molecule has 0 atom stereocenters. The second-order valence-corrected chi connectivity index (χ2v) is 3.14. The molecule has 0 spiro atoms. The van der Waals surface area contributed by atoms with Gasteiger partial charge >= 0.3 is 0 Å². The molecule has 0 radical (unpaired) electrons. The van der Waals surface area contributed by atoms with Crippen molar-refractivity contribution in [2.24, 2.45) is 0 Å². The van der Waals surface area contributed by atoms with Gasteiger partial charge in [-0.2, -0.15) is 0 Å². The van der Waals surface area contributed by atoms with Crippen LogP contribution in [0.4, 0.5) is 4.39 Å². The Bertz CT molecular complexity index is 326. The van der Waals surface area contributed by atoms with E-state index in [0.717, 1.165) is 0 Å². The van der Waals surface area contributed by atoms with Crippen molar-refractivity contribution in [3.63, 3.8) is 0 Å². The molecule has 1 N–H and O–H groups in total. The van der Waals surface area contributed by atoms with Gasteiger partial charge in [0.1, 0.15) is 0 Å². The molecule has 0 aromatic heterocycles. The Kier molecular flexibility index (Phi) is 4.52. The molecule has 4 heteroatoms. The van der Waals surface area contributed by atoms with Crippen molar-refractivity contribution in [2.45, 2.75) is 13.0 Å². The number of ether oxygens (including phenoxy) is 2. The standard InChI is InChI=1S/C11H15FO3/c1-14-7-9-4-3-8(5-6-13)11(15-2)10(9)12/h3-4,13H,5-7H2,1-2H3. The molecule has 1 aromatic rings. The molecular weight excluding hydrogens is 199 g/mol. The molecule has 1 rings (SSSR count). The Labute approximate surface area is 88.4 Å². The summed E-state index contributed by atoms with van der Waals surface area (Å²) in [6.45, 7) is 0.182. The molecule has 84 valence electrons. The van der Waals surface area contributed by atoms with Gasteiger partial charge in [0.15, 0.2) is 11.6 Å². The lowest BCUT2D eigenvalue weighted by atomic mass is 10.1. The zero-order valence-electron chi connectivity index (χ0n) is 8.92. The summed E-state index contributed by atoms with van der Waals surface area (Å²) >= 11 is 0. The third kappa shape index (κ3) is 2.67. The van der Waals surface area contributed by atoms with Gasteiger partial charge in [0.25, 0.3) is 0 Å². The van der Waals surface area contributed by atoms with E-state index in [9.17, 15) is 4.39 Å². The van der Waals surface area contributed by atoms with Crippen LogP contribution in [0.15, 0.2) is 12.1 Å². The van der Waals surface area contributed by atoms with Crippen molar-refractivity contribution in [2.75, 3.05) is 20.8 Å². The maximum absolute atomic E-state index is 13.8. The van der Waals surface area contributed by atoms with E-state index < -0.39 is 5.82 Å². The zero-order chi connectivity index (χ0) is 11.3. The average molecular weight is 214 g/mol. The number of benzene rings is 1. The van der Waals surface area contributed by atoms with Crippen molar-refractivity contribution in [3.8, 4) is 5.75 Å². The number of halogens is 1. The van der Waals surface area contributed by atoms with E-state index in [1.165, 1.54) is 14.2 Å². The van der Waals surface area contributed by atoms with Gasteiger partial charge in [-0.15, -0.1) is 0 Å². The predicted octanol–water partition coefficient (Wildman–Crippen LogP) is 1.52. The van der Waals surface area contributed by atoms with Gasteiger partial charge in [-0.3, -0.25) is 0 Å². The van der Waals surface area contributed by atoms with Crippen LogP contribution in [0.5, 0.6) is 5.75 Å². The summed E-state index contributed by atoms with van der Waals surface area (Å²) in [4.78, 5) is 0. The van der Waals surface area contributed by atoms with Crippen LogP contribution in [-0.4, -0.2) is 25.9 Å². The SMILES string of the molecule is COCc1ccc(CCO)c(OC)c1F. The first-order chi connectivity index (χ1) is 7.24. The number of hydrogen-bond acceptors (Lipinski definition) is 3. The molecule has 0 saturated carbocycles. The Morgan fingerprint density at radius 2 is 1.93 bits per heavy atom. The van der Waals surface area contributed by atoms with Crippen LogP contribution in [0.25, 0.3) is 0 Å². The van der Waals surface area contributed by atoms with Crippen LogP contribution in [-0.2, 0) is 17.8 Å². The molecule has 0 bridgehead atoms. The summed E-state index contributed by atoms with van der Waals surface area (Å²) in [5, 5.41) is 8.80. The first kappa shape index (κ1) is 11.9. The largest absolute Gasteiger partial charge is 0.493 e. The molecule has 0 aliphatic carbocycles. The first-order valence-electron chi connectivity index (χ1n) is 4.68. The minimum atomic E-state index is -0.412. The molecule has 15 heavy (non-hydrogen) atoms. The molecule has 0 saturated heterocycles. The third-order valence-electron chi connectivity index (χ3n) is 2.14. The molecular formula is C11H15FO3. The topological polar surface area (TPSA) is 38.7 Å². The Morgan fingerprint density at radius 3 is 2.47 bits per heavy atom. The molecule has 0 unspecified atom stereocenters. The van der Waals surface area contributed by atoms with Crippen molar-refractivity contribution >= 4 is 0 Å². The summed E-state index contributed by atoms with van der Waals surface area (Å²) in [6.07, 6.45) is 0.382. The van der Waals surface area contributed by atoms with Gasteiger partial charge in [-0.05, 0) is 12.0 Å². The smallest absolute Gasteiger partial charge is 0.170 e. The summed E-state index contributed by atoms with van der Waals surface area (Å²) in [6, 6.07) is 3.39. The summed E-state index contributed by atoms with van der Waals surface area (Å²) in [5.41, 5.74) is 1.12. The summed E-state index contributed by atoms with van der Waals surface area (Å²) in [5.74, 6) is -0.219. The maximum Gasteiger partial charge on any atom is 0.170 e. The summed E-state index contributed by atoms with van der Waals surface area (Å²) in [7, 11) is 2.92. The number of methoxy groups -OCH3 is 2. The van der Waals surface area contributed by atoms with Crippen LogP contribution < -0.4 is 4.74 Å². The van der Waals surface area contributed by atoms with Crippen LogP contribution in [0.2, 0.25) is 0 Å². The van der Waals surface area contributed by atoms with Gasteiger partial charge in [-0.25, -0.2) is 4.39 Å². The fourth-order valence-corrected chi connectivity index (χ4v) is 1.44. The lowest BCUT2D eigenvalue weighted by Crippen LogP contribution is -2.02. The lowest BCUT2D eigenvalue weighted by molar-refractivity contribution is 0.180. The molecule has 3 nitrogen and oxygen atoms in total. The highest BCUT2D eigenvalue weighted by Gasteiger charge is 2.13. The number of rotatable bonds is 5. The van der Waals surface area contributed by atoms with Crippen LogP contribution in [0.1, 0.15) is 11.1 Å². The van der Waals surface area contributed by atoms with Gasteiger partial charge in [-0.1, -0.05) is 12.1 Å². The van der Waals surface area contributed by atoms with Crippen LogP contribution in [0, 0.1) is 5.82 Å². The Morgan fingerprint density at radius 1 is 1.27 bits per heavy atom. The van der Waals surface area contributed by atoms with Gasteiger partial charge in [0.2, 0.25) is 0 Å². The number of aliphatic hydroxyl groups is 1. The molecule has 0 fully saturated rings. The van der Waals surface area contributed by atoms with Crippen molar-refractivity contribution < 1.29 is 19.0 Å². The molecule has 0 aliphatic rings. The van der Waals surface area contributed by atoms with E-state index in [0.29, 0.717) is 17.5 Å². The lowest BCUT2D eigenvalue weighted by Gasteiger charge is -2.11. The van der Waals surface area contributed by atoms with Crippen LogP contribution >= 0.6 is 0 Å². The quantitative estimate of drug-likeness (QED) is 0.807. The highest BCUT2D eigenvalue weighted by Crippen LogP contribution is 2.26. The van der Waals surface area contributed by atoms with Gasteiger partial charge in [0.05, 0.1) is 13.7 Å². The summed E-state index contributed by atoms with van der Waals surface area (Å²) < 4.78 is 23.6. The fourth-order valence-electron chi connectivity index (χ4n) is 1.44. The van der Waals surface area contributed by atoms with Crippen molar-refractivity contribution in [1.29, 1.82) is 0 Å². The monoisotopic (exact) mass is 214 g/mol. The number of aliphatic hydroxyl groups excluding tert-OH is 1. The maximum atomic E-state index is 13.8. The van der Waals surface area contributed by atoms with Gasteiger partial charge in [0, 0.05) is 19.3 Å². The molecule has 1 aromatic carbocycles. The molecule has 0 heterocycles. The van der Waals surface area contributed by atoms with E-state index in [2.05, 4.69) is 0 Å². The molecule has 0 amide bonds. The van der Waals surface area contributed by atoms with E-state index >= 15 is 0 Å². The minimum Gasteiger partial charge on any atom is -0.493 e. The van der Waals surface area contributed by atoms with Gasteiger partial charge < -0.3 is 14.6 Å². The third-order valence-corrected chi connectivity index (χ3v) is 2.14. The average Bonchev–Trinajstić information content (AvgIpc) is 2.23. The highest BCUT2D eigenvalue weighted by atomic mass is 19.1. The second kappa shape index (κ2) is 5.68. The number of hydrogen-bond donors (Lipinski definition) is 1. The van der Waals surface area contributed by atoms with E-state index in [4.69, 9.17) is 14.6 Å². The van der Waals surface area contributed by atoms with E-state index in [1.54, 1.807) is 12.1 Å². The van der Waals surface area contributed by atoms with Crippen molar-refractivity contribution in [1.82, 2.24) is 0 Å². The minimum absolute atomic E-state index is 0.0283. The predicted molar refractivity (Wildman–Crippen MR) is 54.5 cm³/mol. The zero-order valence-corrected chi connectivity index (χ0v) is 8.92. The fraction of sp³-hybridized carbons (Fsp3) is 0.455. The van der Waals surface area contributed by atoms with Crippen molar-refractivity contribution in [3.05, 3.63) is 29.1 Å². The second-order valence-electron chi connectivity index (χ2n) is 3.14. The molecule has 0 aliphatic heterocycles. The van der Waals surface area contributed by atoms with E-state index in [1.807, 2.05) is 0 Å². The Hall–Kier alpha value is -1.13. The Balaban J connectivity index is 3.08.